The monoisotopic (exact) mass is 488 g/mol. The van der Waals surface area contributed by atoms with Gasteiger partial charge in [0.2, 0.25) is 0 Å². The molecule has 3 aliphatic heterocycles. The van der Waals surface area contributed by atoms with Gasteiger partial charge in [0.1, 0.15) is 22.8 Å². The lowest BCUT2D eigenvalue weighted by Crippen LogP contribution is -2.66. The van der Waals surface area contributed by atoms with Crippen molar-refractivity contribution in [3.05, 3.63) is 90.0 Å². The zero-order valence-corrected chi connectivity index (χ0v) is 21.5. The van der Waals surface area contributed by atoms with Gasteiger partial charge >= 0.3 is 0 Å². The minimum absolute atomic E-state index is 0.230. The van der Waals surface area contributed by atoms with Gasteiger partial charge in [0, 0.05) is 31.1 Å². The second-order valence-electron chi connectivity index (χ2n) is 10.5. The quantitative estimate of drug-likeness (QED) is 0.306. The number of para-hydroxylation sites is 1. The van der Waals surface area contributed by atoms with Crippen LogP contribution in [0.1, 0.15) is 36.8 Å². The number of quaternary nitrogens is 1. The number of methoxy groups -OCH3 is 2. The number of rotatable bonds is 10. The second kappa shape index (κ2) is 10.2. The SMILES string of the molecule is COc1cccc(C(O)(c2cccc(OC)c2)C23CC[N+](CCCOc4ccccc4)(CC2)CC3)c1. The Bertz CT molecular complexity index is 1090. The molecule has 36 heavy (non-hydrogen) atoms. The minimum Gasteiger partial charge on any atom is -0.497 e. The lowest BCUT2D eigenvalue weighted by molar-refractivity contribution is -0.946. The second-order valence-corrected chi connectivity index (χ2v) is 10.5. The maximum absolute atomic E-state index is 12.8. The Morgan fingerprint density at radius 1 is 0.750 bits per heavy atom. The van der Waals surface area contributed by atoms with Gasteiger partial charge in [0.25, 0.3) is 0 Å². The lowest BCUT2D eigenvalue weighted by Gasteiger charge is -2.60. The molecule has 0 aromatic heterocycles. The molecule has 0 atom stereocenters. The van der Waals surface area contributed by atoms with Gasteiger partial charge in [-0.1, -0.05) is 42.5 Å². The van der Waals surface area contributed by atoms with E-state index in [9.17, 15) is 5.11 Å². The average molecular weight is 489 g/mol. The van der Waals surface area contributed by atoms with Crippen molar-refractivity contribution in [1.29, 1.82) is 0 Å². The fraction of sp³-hybridized carbons (Fsp3) is 0.419. The highest BCUT2D eigenvalue weighted by molar-refractivity contribution is 5.45. The minimum atomic E-state index is -1.12. The van der Waals surface area contributed by atoms with Crippen molar-refractivity contribution >= 4 is 0 Å². The molecule has 5 heteroatoms. The van der Waals surface area contributed by atoms with Crippen molar-refractivity contribution in [1.82, 2.24) is 0 Å². The summed E-state index contributed by atoms with van der Waals surface area (Å²) in [5.41, 5.74) is 0.441. The highest BCUT2D eigenvalue weighted by Gasteiger charge is 2.60. The van der Waals surface area contributed by atoms with Gasteiger partial charge in [-0.05, 0) is 47.5 Å². The third-order valence-corrected chi connectivity index (χ3v) is 8.73. The van der Waals surface area contributed by atoms with E-state index in [-0.39, 0.29) is 5.41 Å². The molecule has 190 valence electrons. The van der Waals surface area contributed by atoms with E-state index in [1.165, 1.54) is 0 Å². The van der Waals surface area contributed by atoms with Crippen molar-refractivity contribution in [3.8, 4) is 17.2 Å². The van der Waals surface area contributed by atoms with Gasteiger partial charge in [0.05, 0.1) is 47.0 Å². The molecule has 0 spiro atoms. The molecule has 3 aromatic rings. The normalized spacial score (nSPS) is 23.3. The van der Waals surface area contributed by atoms with Gasteiger partial charge in [-0.2, -0.15) is 0 Å². The van der Waals surface area contributed by atoms with Gasteiger partial charge in [0.15, 0.2) is 0 Å². The fourth-order valence-corrected chi connectivity index (χ4v) is 6.52. The van der Waals surface area contributed by atoms with E-state index in [1.807, 2.05) is 78.9 Å². The topological polar surface area (TPSA) is 47.9 Å². The van der Waals surface area contributed by atoms with Gasteiger partial charge in [-0.25, -0.2) is 0 Å². The van der Waals surface area contributed by atoms with Crippen molar-refractivity contribution in [2.75, 3.05) is 47.0 Å². The van der Waals surface area contributed by atoms with Crippen LogP contribution in [-0.4, -0.2) is 56.6 Å². The maximum atomic E-state index is 12.8. The number of piperidine rings is 3. The molecule has 3 fully saturated rings. The zero-order valence-electron chi connectivity index (χ0n) is 21.5. The van der Waals surface area contributed by atoms with Crippen LogP contribution in [0.3, 0.4) is 0 Å². The molecule has 3 saturated heterocycles. The largest absolute Gasteiger partial charge is 0.497 e. The summed E-state index contributed by atoms with van der Waals surface area (Å²) in [6.45, 7) is 5.12. The Morgan fingerprint density at radius 2 is 1.28 bits per heavy atom. The Kier molecular flexibility index (Phi) is 6.96. The van der Waals surface area contributed by atoms with Crippen LogP contribution in [0.2, 0.25) is 0 Å². The first-order chi connectivity index (χ1) is 17.5. The predicted octanol–water partition coefficient (Wildman–Crippen LogP) is 5.41. The average Bonchev–Trinajstić information content (AvgIpc) is 2.96. The summed E-state index contributed by atoms with van der Waals surface area (Å²) >= 11 is 0. The number of aliphatic hydroxyl groups is 1. The highest BCUT2D eigenvalue weighted by Crippen LogP contribution is 2.58. The molecule has 3 heterocycles. The summed E-state index contributed by atoms with van der Waals surface area (Å²) in [5.74, 6) is 2.47. The van der Waals surface area contributed by atoms with Crippen LogP contribution in [0.5, 0.6) is 17.2 Å². The van der Waals surface area contributed by atoms with Crippen molar-refractivity contribution < 1.29 is 23.8 Å². The maximum Gasteiger partial charge on any atom is 0.121 e. The molecule has 0 amide bonds. The van der Waals surface area contributed by atoms with Crippen LogP contribution in [0, 0.1) is 5.41 Å². The molecular formula is C31H38NO4+. The van der Waals surface area contributed by atoms with Gasteiger partial charge in [-0.3, -0.25) is 0 Å². The summed E-state index contributed by atoms with van der Waals surface area (Å²) in [5, 5.41) is 12.8. The van der Waals surface area contributed by atoms with Crippen molar-refractivity contribution in [2.24, 2.45) is 5.41 Å². The summed E-state index contributed by atoms with van der Waals surface area (Å²) in [7, 11) is 3.35. The van der Waals surface area contributed by atoms with Crippen LogP contribution in [0.4, 0.5) is 0 Å². The molecule has 6 rings (SSSR count). The smallest absolute Gasteiger partial charge is 0.121 e. The molecule has 1 N–H and O–H groups in total. The first-order valence-corrected chi connectivity index (χ1v) is 13.1. The third-order valence-electron chi connectivity index (χ3n) is 8.73. The van der Waals surface area contributed by atoms with Gasteiger partial charge in [-0.15, -0.1) is 0 Å². The number of nitrogens with zero attached hydrogens (tertiary/aromatic N) is 1. The van der Waals surface area contributed by atoms with E-state index >= 15 is 0 Å². The molecule has 2 bridgehead atoms. The first kappa shape index (κ1) is 24.7. The predicted molar refractivity (Wildman–Crippen MR) is 142 cm³/mol. The third kappa shape index (κ3) is 4.46. The first-order valence-electron chi connectivity index (χ1n) is 13.1. The number of hydrogen-bond donors (Lipinski definition) is 1. The van der Waals surface area contributed by atoms with Crippen LogP contribution >= 0.6 is 0 Å². The molecule has 3 aromatic carbocycles. The standard InChI is InChI=1S/C31H38NO4/c1-34-28-13-6-9-25(23-28)31(33,26-10-7-14-29(24-26)35-2)30-15-19-32(20-16-30,21-17-30)18-8-22-36-27-11-4-3-5-12-27/h3-7,9-14,23-24,33H,8,15-22H2,1-2H3/q+1. The van der Waals surface area contributed by atoms with Crippen LogP contribution in [0.15, 0.2) is 78.9 Å². The van der Waals surface area contributed by atoms with E-state index in [2.05, 4.69) is 0 Å². The number of fused-ring (bicyclic) bond motifs is 3. The van der Waals surface area contributed by atoms with Crippen LogP contribution in [-0.2, 0) is 5.60 Å². The van der Waals surface area contributed by atoms with Gasteiger partial charge < -0.3 is 23.8 Å². The van der Waals surface area contributed by atoms with E-state index in [0.717, 1.165) is 91.3 Å². The number of ether oxygens (including phenoxy) is 3. The summed E-state index contributed by atoms with van der Waals surface area (Å²) in [4.78, 5) is 0. The lowest BCUT2D eigenvalue weighted by atomic mass is 9.56. The number of benzene rings is 3. The number of hydrogen-bond acceptors (Lipinski definition) is 4. The summed E-state index contributed by atoms with van der Waals surface area (Å²) in [6, 6.07) is 26.0. The summed E-state index contributed by atoms with van der Waals surface area (Å²) in [6.07, 6.45) is 3.99. The Balaban J connectivity index is 1.37. The van der Waals surface area contributed by atoms with Crippen LogP contribution < -0.4 is 14.2 Å². The molecule has 0 radical (unpaired) electrons. The zero-order chi connectivity index (χ0) is 25.1. The van der Waals surface area contributed by atoms with E-state index in [1.54, 1.807) is 14.2 Å². The Morgan fingerprint density at radius 3 is 1.81 bits per heavy atom. The molecule has 3 aliphatic rings. The molecular weight excluding hydrogens is 450 g/mol. The van der Waals surface area contributed by atoms with Crippen LogP contribution in [0.25, 0.3) is 0 Å². The molecule has 0 saturated carbocycles. The molecule has 0 unspecified atom stereocenters. The van der Waals surface area contributed by atoms with Crippen molar-refractivity contribution in [2.45, 2.75) is 31.3 Å². The molecule has 5 nitrogen and oxygen atoms in total. The highest BCUT2D eigenvalue weighted by atomic mass is 16.5. The molecule has 0 aliphatic carbocycles. The Hall–Kier alpha value is -3.02. The fourth-order valence-electron chi connectivity index (χ4n) is 6.52. The van der Waals surface area contributed by atoms with E-state index < -0.39 is 5.60 Å². The Labute approximate surface area is 214 Å². The van der Waals surface area contributed by atoms with Crippen molar-refractivity contribution in [3.63, 3.8) is 0 Å². The summed E-state index contributed by atoms with van der Waals surface area (Å²) < 4.78 is 18.2. The van der Waals surface area contributed by atoms with E-state index in [4.69, 9.17) is 14.2 Å². The van der Waals surface area contributed by atoms with E-state index in [0.29, 0.717) is 0 Å².